The molecule has 0 N–H and O–H groups in total. The third kappa shape index (κ3) is 2.03. The Morgan fingerprint density at radius 1 is 1.31 bits per heavy atom. The summed E-state index contributed by atoms with van der Waals surface area (Å²) in [5.74, 6) is 0.0868. The van der Waals surface area contributed by atoms with Crippen molar-refractivity contribution in [1.29, 1.82) is 0 Å². The summed E-state index contributed by atoms with van der Waals surface area (Å²) in [5.41, 5.74) is 1.89. The number of aryl methyl sites for hydroxylation is 1. The van der Waals surface area contributed by atoms with Crippen molar-refractivity contribution in [2.75, 3.05) is 0 Å². The van der Waals surface area contributed by atoms with Crippen LogP contribution >= 0.6 is 0 Å². The minimum absolute atomic E-state index is 0.0868. The molecule has 0 aliphatic rings. The van der Waals surface area contributed by atoms with E-state index in [9.17, 15) is 4.79 Å². The van der Waals surface area contributed by atoms with Crippen LogP contribution in [0.15, 0.2) is 42.7 Å². The molecule has 1 heterocycles. The quantitative estimate of drug-likeness (QED) is 0.736. The summed E-state index contributed by atoms with van der Waals surface area (Å²) in [6, 6.07) is 9.18. The van der Waals surface area contributed by atoms with Crippen LogP contribution in [0.3, 0.4) is 0 Å². The number of Topliss-reactive ketones (excluding diaryl/α,β-unsaturated/α-hetero) is 1. The Morgan fingerprint density at radius 3 is 2.56 bits per heavy atom. The molecule has 0 fully saturated rings. The van der Waals surface area contributed by atoms with Crippen LogP contribution in [0.5, 0.6) is 0 Å². The van der Waals surface area contributed by atoms with Crippen molar-refractivity contribution in [2.24, 2.45) is 0 Å². The highest BCUT2D eigenvalue weighted by molar-refractivity contribution is 5.98. The molecule has 3 nitrogen and oxygen atoms in total. The van der Waals surface area contributed by atoms with Gasteiger partial charge in [-0.05, 0) is 19.9 Å². The maximum atomic E-state index is 12.1. The van der Waals surface area contributed by atoms with E-state index < -0.39 is 0 Å². The molecular formula is C13H14N2O. The van der Waals surface area contributed by atoms with E-state index in [1.165, 1.54) is 0 Å². The van der Waals surface area contributed by atoms with Gasteiger partial charge >= 0.3 is 0 Å². The molecule has 1 unspecified atom stereocenters. The van der Waals surface area contributed by atoms with Crippen LogP contribution in [-0.4, -0.2) is 15.6 Å². The summed E-state index contributed by atoms with van der Waals surface area (Å²) >= 11 is 0. The zero-order chi connectivity index (χ0) is 11.5. The molecule has 1 atom stereocenters. The van der Waals surface area contributed by atoms with Crippen molar-refractivity contribution in [1.82, 2.24) is 9.78 Å². The topological polar surface area (TPSA) is 34.9 Å². The zero-order valence-electron chi connectivity index (χ0n) is 9.42. The fourth-order valence-electron chi connectivity index (χ4n) is 1.59. The zero-order valence-corrected chi connectivity index (χ0v) is 9.42. The first-order chi connectivity index (χ1) is 7.68. The molecule has 16 heavy (non-hydrogen) atoms. The second-order valence-electron chi connectivity index (χ2n) is 3.89. The molecule has 0 aliphatic carbocycles. The summed E-state index contributed by atoms with van der Waals surface area (Å²) in [6.07, 6.45) is 3.48. The van der Waals surface area contributed by atoms with Crippen molar-refractivity contribution in [3.63, 3.8) is 0 Å². The molecule has 0 radical (unpaired) electrons. The van der Waals surface area contributed by atoms with Crippen molar-refractivity contribution >= 4 is 5.78 Å². The SMILES string of the molecule is Cc1ccc(C(=O)C(C)n2cccn2)cc1. The lowest BCUT2D eigenvalue weighted by Gasteiger charge is -2.10. The van der Waals surface area contributed by atoms with Crippen LogP contribution in [0.4, 0.5) is 0 Å². The number of nitrogens with zero attached hydrogens (tertiary/aromatic N) is 2. The van der Waals surface area contributed by atoms with E-state index in [-0.39, 0.29) is 11.8 Å². The highest BCUT2D eigenvalue weighted by atomic mass is 16.1. The monoisotopic (exact) mass is 214 g/mol. The normalized spacial score (nSPS) is 12.4. The van der Waals surface area contributed by atoms with Gasteiger partial charge in [0.2, 0.25) is 0 Å². The molecule has 82 valence electrons. The highest BCUT2D eigenvalue weighted by Gasteiger charge is 2.16. The van der Waals surface area contributed by atoms with E-state index in [0.29, 0.717) is 0 Å². The van der Waals surface area contributed by atoms with Gasteiger partial charge in [-0.1, -0.05) is 29.8 Å². The van der Waals surface area contributed by atoms with Crippen LogP contribution in [0, 0.1) is 6.92 Å². The van der Waals surface area contributed by atoms with Gasteiger partial charge in [-0.2, -0.15) is 5.10 Å². The Hall–Kier alpha value is -1.90. The Morgan fingerprint density at radius 2 is 2.00 bits per heavy atom. The number of hydrogen-bond donors (Lipinski definition) is 0. The number of ketones is 1. The average molecular weight is 214 g/mol. The largest absolute Gasteiger partial charge is 0.292 e. The first kappa shape index (κ1) is 10.6. The van der Waals surface area contributed by atoms with Crippen LogP contribution in [0.2, 0.25) is 0 Å². The van der Waals surface area contributed by atoms with E-state index in [4.69, 9.17) is 0 Å². The Bertz CT molecular complexity index is 471. The first-order valence-electron chi connectivity index (χ1n) is 5.28. The molecule has 1 aromatic heterocycles. The first-order valence-corrected chi connectivity index (χ1v) is 5.28. The lowest BCUT2D eigenvalue weighted by atomic mass is 10.0. The predicted octanol–water partition coefficient (Wildman–Crippen LogP) is 2.64. The van der Waals surface area contributed by atoms with Crippen LogP contribution < -0.4 is 0 Å². The maximum absolute atomic E-state index is 12.1. The second kappa shape index (κ2) is 4.31. The van der Waals surface area contributed by atoms with E-state index >= 15 is 0 Å². The Labute approximate surface area is 94.7 Å². The van der Waals surface area contributed by atoms with Crippen molar-refractivity contribution in [3.05, 3.63) is 53.9 Å². The van der Waals surface area contributed by atoms with Gasteiger partial charge in [0.05, 0.1) is 0 Å². The molecular weight excluding hydrogens is 200 g/mol. The highest BCUT2D eigenvalue weighted by Crippen LogP contribution is 2.13. The summed E-state index contributed by atoms with van der Waals surface area (Å²) < 4.78 is 1.67. The van der Waals surface area contributed by atoms with Gasteiger partial charge in [-0.25, -0.2) is 0 Å². The molecule has 0 aliphatic heterocycles. The smallest absolute Gasteiger partial charge is 0.187 e. The lowest BCUT2D eigenvalue weighted by molar-refractivity contribution is 0.0928. The van der Waals surface area contributed by atoms with Crippen molar-refractivity contribution in [2.45, 2.75) is 19.9 Å². The third-order valence-electron chi connectivity index (χ3n) is 2.64. The number of carbonyl (C=O) groups excluding carboxylic acids is 1. The molecule has 0 saturated heterocycles. The van der Waals surface area contributed by atoms with Crippen LogP contribution in [0.25, 0.3) is 0 Å². The van der Waals surface area contributed by atoms with E-state index in [1.807, 2.05) is 44.2 Å². The molecule has 0 saturated carbocycles. The number of hydrogen-bond acceptors (Lipinski definition) is 2. The van der Waals surface area contributed by atoms with E-state index in [2.05, 4.69) is 5.10 Å². The van der Waals surface area contributed by atoms with Gasteiger partial charge in [0, 0.05) is 18.0 Å². The predicted molar refractivity (Wildman–Crippen MR) is 62.4 cm³/mol. The second-order valence-corrected chi connectivity index (χ2v) is 3.89. The van der Waals surface area contributed by atoms with Gasteiger partial charge in [0.15, 0.2) is 5.78 Å². The Balaban J connectivity index is 2.22. The third-order valence-corrected chi connectivity index (χ3v) is 2.64. The van der Waals surface area contributed by atoms with Gasteiger partial charge in [0.1, 0.15) is 6.04 Å². The maximum Gasteiger partial charge on any atom is 0.187 e. The minimum atomic E-state index is -0.252. The van der Waals surface area contributed by atoms with E-state index in [1.54, 1.807) is 17.1 Å². The van der Waals surface area contributed by atoms with Gasteiger partial charge in [-0.15, -0.1) is 0 Å². The Kier molecular flexibility index (Phi) is 2.86. The molecule has 2 rings (SSSR count). The lowest BCUT2D eigenvalue weighted by Crippen LogP contribution is -2.17. The summed E-state index contributed by atoms with van der Waals surface area (Å²) in [4.78, 5) is 12.1. The van der Waals surface area contributed by atoms with Crippen molar-refractivity contribution in [3.8, 4) is 0 Å². The van der Waals surface area contributed by atoms with Gasteiger partial charge in [0.25, 0.3) is 0 Å². The summed E-state index contributed by atoms with van der Waals surface area (Å²) in [5, 5.41) is 4.08. The minimum Gasteiger partial charge on any atom is -0.292 e. The molecule has 2 aromatic rings. The van der Waals surface area contributed by atoms with Gasteiger partial charge in [-0.3, -0.25) is 9.48 Å². The molecule has 0 spiro atoms. The van der Waals surface area contributed by atoms with Crippen LogP contribution in [0.1, 0.15) is 28.9 Å². The molecule has 0 amide bonds. The number of carbonyl (C=O) groups is 1. The fraction of sp³-hybridized carbons (Fsp3) is 0.231. The summed E-state index contributed by atoms with van der Waals surface area (Å²) in [6.45, 7) is 3.86. The number of benzene rings is 1. The fourth-order valence-corrected chi connectivity index (χ4v) is 1.59. The van der Waals surface area contributed by atoms with E-state index in [0.717, 1.165) is 11.1 Å². The average Bonchev–Trinajstić information content (AvgIpc) is 2.81. The molecule has 3 heteroatoms. The molecule has 0 bridgehead atoms. The summed E-state index contributed by atoms with van der Waals surface area (Å²) in [7, 11) is 0. The van der Waals surface area contributed by atoms with Crippen LogP contribution in [-0.2, 0) is 0 Å². The number of rotatable bonds is 3. The molecule has 1 aromatic carbocycles. The van der Waals surface area contributed by atoms with Gasteiger partial charge < -0.3 is 0 Å². The standard InChI is InChI=1S/C13H14N2O/c1-10-4-6-12(7-5-10)13(16)11(2)15-9-3-8-14-15/h3-9,11H,1-2H3. The number of aromatic nitrogens is 2. The van der Waals surface area contributed by atoms with Crippen molar-refractivity contribution < 1.29 is 4.79 Å².